The van der Waals surface area contributed by atoms with Gasteiger partial charge in [-0.15, -0.1) is 0 Å². The minimum Gasteiger partial charge on any atom is -0.207 e. The molecule has 2 aromatic rings. The second-order valence-electron chi connectivity index (χ2n) is 5.62. The van der Waals surface area contributed by atoms with E-state index in [4.69, 9.17) is 0 Å². The van der Waals surface area contributed by atoms with E-state index in [2.05, 4.69) is 6.58 Å². The van der Waals surface area contributed by atoms with Crippen molar-refractivity contribution in [2.24, 2.45) is 0 Å². The van der Waals surface area contributed by atoms with Crippen molar-refractivity contribution < 1.29 is 8.42 Å². The van der Waals surface area contributed by atoms with Crippen LogP contribution in [0.15, 0.2) is 66.1 Å². The zero-order valence-corrected chi connectivity index (χ0v) is 13.4. The van der Waals surface area contributed by atoms with Gasteiger partial charge in [-0.2, -0.15) is 4.31 Å². The highest BCUT2D eigenvalue weighted by molar-refractivity contribution is 7.89. The summed E-state index contributed by atoms with van der Waals surface area (Å²) in [6.45, 7) is 6.61. The monoisotopic (exact) mass is 313 g/mol. The molecule has 0 saturated carbocycles. The lowest BCUT2D eigenvalue weighted by atomic mass is 9.93. The van der Waals surface area contributed by atoms with Crippen molar-refractivity contribution in [3.8, 4) is 0 Å². The van der Waals surface area contributed by atoms with E-state index in [9.17, 15) is 8.42 Å². The summed E-state index contributed by atoms with van der Waals surface area (Å²) >= 11 is 0. The number of nitrogens with zero attached hydrogens (tertiary/aromatic N) is 1. The van der Waals surface area contributed by atoms with Crippen molar-refractivity contribution in [2.75, 3.05) is 6.54 Å². The van der Waals surface area contributed by atoms with Gasteiger partial charge in [0.25, 0.3) is 0 Å². The molecular formula is C18H19NO2S. The Kier molecular flexibility index (Phi) is 3.89. The van der Waals surface area contributed by atoms with Gasteiger partial charge in [-0.05, 0) is 36.6 Å². The molecule has 3 nitrogen and oxygen atoms in total. The molecular weight excluding hydrogens is 294 g/mol. The number of aryl methyl sites for hydroxylation is 1. The molecule has 1 saturated heterocycles. The molecule has 1 atom stereocenters. The largest absolute Gasteiger partial charge is 0.243 e. The quantitative estimate of drug-likeness (QED) is 0.866. The third-order valence-corrected chi connectivity index (χ3v) is 6.07. The summed E-state index contributed by atoms with van der Waals surface area (Å²) in [5.41, 5.74) is 2.91. The Morgan fingerprint density at radius 2 is 1.73 bits per heavy atom. The van der Waals surface area contributed by atoms with Crippen LogP contribution in [0.3, 0.4) is 0 Å². The van der Waals surface area contributed by atoms with Crippen LogP contribution in [0.2, 0.25) is 0 Å². The third-order valence-electron chi connectivity index (χ3n) is 4.14. The number of hydrogen-bond donors (Lipinski definition) is 0. The van der Waals surface area contributed by atoms with E-state index in [1.165, 1.54) is 0 Å². The van der Waals surface area contributed by atoms with Crippen molar-refractivity contribution >= 4 is 15.6 Å². The van der Waals surface area contributed by atoms with Gasteiger partial charge in [0, 0.05) is 6.54 Å². The molecule has 0 aliphatic carbocycles. The summed E-state index contributed by atoms with van der Waals surface area (Å²) in [6, 6.07) is 16.6. The molecule has 0 N–H and O–H groups in total. The molecule has 4 heteroatoms. The van der Waals surface area contributed by atoms with Crippen molar-refractivity contribution in [3.63, 3.8) is 0 Å². The van der Waals surface area contributed by atoms with E-state index < -0.39 is 10.0 Å². The summed E-state index contributed by atoms with van der Waals surface area (Å²) in [5, 5.41) is 0. The molecule has 1 aliphatic rings. The molecule has 22 heavy (non-hydrogen) atoms. The van der Waals surface area contributed by atoms with E-state index in [1.54, 1.807) is 16.4 Å². The van der Waals surface area contributed by atoms with Crippen LogP contribution in [-0.4, -0.2) is 25.3 Å². The summed E-state index contributed by atoms with van der Waals surface area (Å²) < 4.78 is 27.1. The van der Waals surface area contributed by atoms with Crippen LogP contribution in [0.4, 0.5) is 0 Å². The van der Waals surface area contributed by atoms with Gasteiger partial charge in [-0.3, -0.25) is 0 Å². The Hall–Kier alpha value is -1.91. The highest BCUT2D eigenvalue weighted by Crippen LogP contribution is 2.34. The van der Waals surface area contributed by atoms with Gasteiger partial charge in [0.15, 0.2) is 0 Å². The Morgan fingerprint density at radius 3 is 2.27 bits per heavy atom. The topological polar surface area (TPSA) is 37.4 Å². The van der Waals surface area contributed by atoms with Crippen molar-refractivity contribution in [2.45, 2.75) is 24.3 Å². The lowest BCUT2D eigenvalue weighted by Gasteiger charge is -2.41. The standard InChI is InChI=1S/C18H19NO2S/c1-14-8-10-17(11-9-14)22(20,21)19-13-12-18(19)15(2)16-6-4-3-5-7-16/h3-11,18H,2,12-13H2,1H3. The predicted octanol–water partition coefficient (Wildman–Crippen LogP) is 3.47. The van der Waals surface area contributed by atoms with Gasteiger partial charge >= 0.3 is 0 Å². The number of benzene rings is 2. The number of hydrogen-bond acceptors (Lipinski definition) is 2. The van der Waals surface area contributed by atoms with Crippen LogP contribution in [0, 0.1) is 6.92 Å². The first-order valence-electron chi connectivity index (χ1n) is 7.33. The molecule has 0 spiro atoms. The fourth-order valence-electron chi connectivity index (χ4n) is 2.69. The van der Waals surface area contributed by atoms with Crippen molar-refractivity contribution in [1.82, 2.24) is 4.31 Å². The van der Waals surface area contributed by atoms with Gasteiger partial charge in [0.05, 0.1) is 10.9 Å². The molecule has 114 valence electrons. The maximum Gasteiger partial charge on any atom is 0.243 e. The van der Waals surface area contributed by atoms with Crippen molar-refractivity contribution in [1.29, 1.82) is 0 Å². The maximum absolute atomic E-state index is 12.8. The second kappa shape index (κ2) is 5.71. The Morgan fingerprint density at radius 1 is 1.09 bits per heavy atom. The third kappa shape index (κ3) is 2.60. The average Bonchev–Trinajstić information content (AvgIpc) is 2.47. The van der Waals surface area contributed by atoms with E-state index in [0.29, 0.717) is 11.4 Å². The fourth-order valence-corrected chi connectivity index (χ4v) is 4.35. The molecule has 1 fully saturated rings. The Bertz CT molecular complexity index is 780. The summed E-state index contributed by atoms with van der Waals surface area (Å²) in [5.74, 6) is 0. The van der Waals surface area contributed by atoms with Crippen LogP contribution in [0.25, 0.3) is 5.57 Å². The van der Waals surface area contributed by atoms with Gasteiger partial charge in [-0.25, -0.2) is 8.42 Å². The Labute approximate surface area is 132 Å². The molecule has 0 bridgehead atoms. The molecule has 3 rings (SSSR count). The Balaban J connectivity index is 1.86. The number of rotatable bonds is 4. The lowest BCUT2D eigenvalue weighted by Crippen LogP contribution is -2.51. The van der Waals surface area contributed by atoms with Crippen LogP contribution in [0.1, 0.15) is 17.5 Å². The molecule has 0 amide bonds. The molecule has 1 unspecified atom stereocenters. The zero-order chi connectivity index (χ0) is 15.7. The summed E-state index contributed by atoms with van der Waals surface area (Å²) in [6.07, 6.45) is 0.818. The summed E-state index contributed by atoms with van der Waals surface area (Å²) in [4.78, 5) is 0.351. The highest BCUT2D eigenvalue weighted by Gasteiger charge is 2.40. The minimum absolute atomic E-state index is 0.145. The van der Waals surface area contributed by atoms with Crippen LogP contribution in [0.5, 0.6) is 0 Å². The van der Waals surface area contributed by atoms with Crippen molar-refractivity contribution in [3.05, 3.63) is 72.3 Å². The normalized spacial score (nSPS) is 18.7. The maximum atomic E-state index is 12.8. The lowest BCUT2D eigenvalue weighted by molar-refractivity contribution is 0.252. The van der Waals surface area contributed by atoms with Crippen LogP contribution in [-0.2, 0) is 10.0 Å². The first-order chi connectivity index (χ1) is 10.5. The minimum atomic E-state index is -3.45. The van der Waals surface area contributed by atoms with Gasteiger partial charge in [-0.1, -0.05) is 54.6 Å². The molecule has 0 radical (unpaired) electrons. The average molecular weight is 313 g/mol. The van der Waals surface area contributed by atoms with Gasteiger partial charge in [0.1, 0.15) is 0 Å². The highest BCUT2D eigenvalue weighted by atomic mass is 32.2. The fraction of sp³-hybridized carbons (Fsp3) is 0.222. The second-order valence-corrected chi connectivity index (χ2v) is 7.52. The van der Waals surface area contributed by atoms with Crippen LogP contribution >= 0.6 is 0 Å². The molecule has 0 aromatic heterocycles. The van der Waals surface area contributed by atoms with E-state index in [1.807, 2.05) is 49.4 Å². The zero-order valence-electron chi connectivity index (χ0n) is 12.6. The van der Waals surface area contributed by atoms with Gasteiger partial charge < -0.3 is 0 Å². The molecule has 1 aliphatic heterocycles. The SMILES string of the molecule is C=C(c1ccccc1)C1CCN1S(=O)(=O)c1ccc(C)cc1. The van der Waals surface area contributed by atoms with E-state index in [0.717, 1.165) is 23.1 Å². The predicted molar refractivity (Wildman–Crippen MR) is 89.0 cm³/mol. The number of sulfonamides is 1. The van der Waals surface area contributed by atoms with E-state index in [-0.39, 0.29) is 6.04 Å². The smallest absolute Gasteiger partial charge is 0.207 e. The molecule has 2 aromatic carbocycles. The first kappa shape index (κ1) is 15.0. The first-order valence-corrected chi connectivity index (χ1v) is 8.77. The van der Waals surface area contributed by atoms with Gasteiger partial charge in [0.2, 0.25) is 10.0 Å². The summed E-state index contributed by atoms with van der Waals surface area (Å²) in [7, 11) is -3.45. The molecule has 1 heterocycles. The van der Waals surface area contributed by atoms with E-state index >= 15 is 0 Å². The van der Waals surface area contributed by atoms with Crippen LogP contribution < -0.4 is 0 Å².